The van der Waals surface area contributed by atoms with E-state index in [0.717, 1.165) is 30.2 Å². The molecule has 2 rings (SSSR count). The molecule has 114 valence electrons. The lowest BCUT2D eigenvalue weighted by molar-refractivity contribution is 0.175. The van der Waals surface area contributed by atoms with Crippen LogP contribution >= 0.6 is 0 Å². The molecule has 1 aromatic heterocycles. The number of aliphatic hydroxyl groups excluding tert-OH is 1. The topological polar surface area (TPSA) is 54.2 Å². The minimum Gasteiger partial charge on any atom is -0.391 e. The van der Waals surface area contributed by atoms with E-state index >= 15 is 0 Å². The summed E-state index contributed by atoms with van der Waals surface area (Å²) < 4.78 is 2.04. The highest BCUT2D eigenvalue weighted by atomic mass is 16.3. The number of para-hydroxylation sites is 1. The lowest BCUT2D eigenvalue weighted by Gasteiger charge is -2.26. The maximum Gasteiger partial charge on any atom is 0.152 e. The Morgan fingerprint density at radius 3 is 2.38 bits per heavy atom. The summed E-state index contributed by atoms with van der Waals surface area (Å²) in [5.74, 6) is 1.90. The lowest BCUT2D eigenvalue weighted by atomic mass is 10.2. The van der Waals surface area contributed by atoms with Crippen molar-refractivity contribution < 1.29 is 5.11 Å². The number of aromatic nitrogens is 3. The highest BCUT2D eigenvalue weighted by molar-refractivity contribution is 5.46. The second-order valence-corrected chi connectivity index (χ2v) is 5.22. The molecule has 1 heterocycles. The molecule has 0 fully saturated rings. The molecule has 0 saturated heterocycles. The number of hydrogen-bond acceptors (Lipinski definition) is 4. The van der Waals surface area contributed by atoms with Gasteiger partial charge in [-0.05, 0) is 18.6 Å². The monoisotopic (exact) mass is 288 g/mol. The number of aliphatic hydroxyl groups is 1. The van der Waals surface area contributed by atoms with Gasteiger partial charge >= 0.3 is 0 Å². The Morgan fingerprint density at radius 2 is 1.81 bits per heavy atom. The van der Waals surface area contributed by atoms with E-state index in [-0.39, 0.29) is 6.10 Å². The van der Waals surface area contributed by atoms with Crippen LogP contribution in [0.25, 0.3) is 0 Å². The predicted molar refractivity (Wildman–Crippen MR) is 84.2 cm³/mol. The fourth-order valence-corrected chi connectivity index (χ4v) is 2.30. The van der Waals surface area contributed by atoms with Gasteiger partial charge in [-0.15, -0.1) is 10.2 Å². The second kappa shape index (κ2) is 7.22. The van der Waals surface area contributed by atoms with Crippen molar-refractivity contribution in [2.75, 3.05) is 11.4 Å². The summed E-state index contributed by atoms with van der Waals surface area (Å²) in [4.78, 5) is 2.15. The van der Waals surface area contributed by atoms with Crippen LogP contribution in [-0.2, 0) is 20.0 Å². The molecule has 5 nitrogen and oxygen atoms in total. The molecular formula is C16H24N4O. The van der Waals surface area contributed by atoms with Crippen LogP contribution in [-0.4, -0.2) is 32.5 Å². The summed E-state index contributed by atoms with van der Waals surface area (Å²) in [6.45, 7) is 5.30. The average Bonchev–Trinajstić information content (AvgIpc) is 2.87. The summed E-state index contributed by atoms with van der Waals surface area (Å²) in [6.07, 6.45) is 1.26. The fraction of sp³-hybridized carbons (Fsp3) is 0.500. The normalized spacial score (nSPS) is 12.4. The van der Waals surface area contributed by atoms with Crippen molar-refractivity contribution in [3.05, 3.63) is 42.0 Å². The van der Waals surface area contributed by atoms with E-state index in [1.54, 1.807) is 0 Å². The predicted octanol–water partition coefficient (Wildman–Crippen LogP) is 2.15. The summed E-state index contributed by atoms with van der Waals surface area (Å²) in [5, 5.41) is 18.5. The zero-order chi connectivity index (χ0) is 15.2. The zero-order valence-corrected chi connectivity index (χ0v) is 13.0. The first-order chi connectivity index (χ1) is 10.2. The van der Waals surface area contributed by atoms with Gasteiger partial charge < -0.3 is 14.6 Å². The van der Waals surface area contributed by atoms with Crippen molar-refractivity contribution in [1.82, 2.24) is 14.8 Å². The van der Waals surface area contributed by atoms with Crippen LogP contribution in [0.2, 0.25) is 0 Å². The van der Waals surface area contributed by atoms with Gasteiger partial charge in [0, 0.05) is 25.7 Å². The van der Waals surface area contributed by atoms with Crippen LogP contribution in [0.15, 0.2) is 30.3 Å². The first-order valence-corrected chi connectivity index (χ1v) is 7.50. The Kier molecular flexibility index (Phi) is 5.33. The second-order valence-electron chi connectivity index (χ2n) is 5.22. The molecular weight excluding hydrogens is 264 g/mol. The third-order valence-electron chi connectivity index (χ3n) is 3.73. The maximum absolute atomic E-state index is 10.0. The Hall–Kier alpha value is -1.88. The van der Waals surface area contributed by atoms with Gasteiger partial charge in [-0.1, -0.05) is 32.0 Å². The minimum atomic E-state index is -0.343. The zero-order valence-electron chi connectivity index (χ0n) is 13.0. The molecule has 0 amide bonds. The van der Waals surface area contributed by atoms with Crippen LogP contribution < -0.4 is 4.90 Å². The molecule has 0 spiro atoms. The first-order valence-electron chi connectivity index (χ1n) is 7.50. The van der Waals surface area contributed by atoms with Gasteiger partial charge in [-0.2, -0.15) is 0 Å². The van der Waals surface area contributed by atoms with Gasteiger partial charge in [0.1, 0.15) is 5.82 Å². The summed E-state index contributed by atoms with van der Waals surface area (Å²) in [7, 11) is 1.99. The van der Waals surface area contributed by atoms with E-state index in [1.165, 1.54) is 0 Å². The molecule has 2 aromatic rings. The van der Waals surface area contributed by atoms with Crippen molar-refractivity contribution in [3.63, 3.8) is 0 Å². The lowest BCUT2D eigenvalue weighted by Crippen LogP contribution is -2.32. The van der Waals surface area contributed by atoms with E-state index in [4.69, 9.17) is 0 Å². The molecule has 0 aliphatic carbocycles. The van der Waals surface area contributed by atoms with Crippen LogP contribution in [0.3, 0.4) is 0 Å². The van der Waals surface area contributed by atoms with E-state index in [9.17, 15) is 5.11 Å². The van der Waals surface area contributed by atoms with E-state index in [0.29, 0.717) is 13.1 Å². The van der Waals surface area contributed by atoms with Gasteiger partial charge in [0.05, 0.1) is 12.6 Å². The van der Waals surface area contributed by atoms with Crippen molar-refractivity contribution in [2.45, 2.75) is 39.3 Å². The Balaban J connectivity index is 2.21. The van der Waals surface area contributed by atoms with Crippen molar-refractivity contribution >= 4 is 5.69 Å². The molecule has 0 aliphatic rings. The van der Waals surface area contributed by atoms with Crippen LogP contribution in [0.5, 0.6) is 0 Å². The number of rotatable bonds is 7. The van der Waals surface area contributed by atoms with Crippen molar-refractivity contribution in [1.29, 1.82) is 0 Å². The Bertz CT molecular complexity index is 553. The third kappa shape index (κ3) is 3.82. The molecule has 1 aromatic carbocycles. The SMILES string of the molecule is CCc1nnc(CN(CC(O)CC)c2ccccc2)n1C. The molecule has 5 heteroatoms. The number of anilines is 1. The van der Waals surface area contributed by atoms with Gasteiger partial charge in [0.15, 0.2) is 5.82 Å². The number of nitrogens with zero attached hydrogens (tertiary/aromatic N) is 4. The molecule has 1 N–H and O–H groups in total. The highest BCUT2D eigenvalue weighted by Gasteiger charge is 2.15. The quantitative estimate of drug-likeness (QED) is 0.848. The summed E-state index contributed by atoms with van der Waals surface area (Å²) >= 11 is 0. The first kappa shape index (κ1) is 15.5. The van der Waals surface area contributed by atoms with Crippen LogP contribution in [0, 0.1) is 0 Å². The molecule has 0 saturated carbocycles. The standard InChI is InChI=1S/C16H24N4O/c1-4-14(21)11-20(13-9-7-6-8-10-13)12-16-18-17-15(5-2)19(16)3/h6-10,14,21H,4-5,11-12H2,1-3H3. The average molecular weight is 288 g/mol. The van der Waals surface area contributed by atoms with Crippen LogP contribution in [0.4, 0.5) is 5.69 Å². The fourth-order valence-electron chi connectivity index (χ4n) is 2.30. The molecule has 1 atom stereocenters. The van der Waals surface area contributed by atoms with E-state index in [1.807, 2.05) is 36.7 Å². The number of hydrogen-bond donors (Lipinski definition) is 1. The largest absolute Gasteiger partial charge is 0.391 e. The van der Waals surface area contributed by atoms with Crippen molar-refractivity contribution in [3.8, 4) is 0 Å². The van der Waals surface area contributed by atoms with E-state index in [2.05, 4.69) is 34.2 Å². The maximum atomic E-state index is 10.0. The molecule has 0 bridgehead atoms. The van der Waals surface area contributed by atoms with Gasteiger partial charge in [-0.3, -0.25) is 0 Å². The molecule has 0 radical (unpaired) electrons. The van der Waals surface area contributed by atoms with E-state index < -0.39 is 0 Å². The summed E-state index contributed by atoms with van der Waals surface area (Å²) in [6, 6.07) is 10.1. The van der Waals surface area contributed by atoms with Crippen LogP contribution in [0.1, 0.15) is 31.9 Å². The van der Waals surface area contributed by atoms with Gasteiger partial charge in [0.2, 0.25) is 0 Å². The van der Waals surface area contributed by atoms with Crippen molar-refractivity contribution in [2.24, 2.45) is 7.05 Å². The van der Waals surface area contributed by atoms with Gasteiger partial charge in [0.25, 0.3) is 0 Å². The van der Waals surface area contributed by atoms with Gasteiger partial charge in [-0.25, -0.2) is 0 Å². The molecule has 21 heavy (non-hydrogen) atoms. The molecule has 0 aliphatic heterocycles. The smallest absolute Gasteiger partial charge is 0.152 e. The molecule has 1 unspecified atom stereocenters. The highest BCUT2D eigenvalue weighted by Crippen LogP contribution is 2.17. The Morgan fingerprint density at radius 1 is 1.14 bits per heavy atom. The number of benzene rings is 1. The third-order valence-corrected chi connectivity index (χ3v) is 3.73. The summed E-state index contributed by atoms with van der Waals surface area (Å²) in [5.41, 5.74) is 1.09. The minimum absolute atomic E-state index is 0.343. The Labute approximate surface area is 126 Å². The number of aryl methyl sites for hydroxylation is 1.